The van der Waals surface area contributed by atoms with Gasteiger partial charge in [-0.15, -0.1) is 0 Å². The van der Waals surface area contributed by atoms with Gasteiger partial charge in [0.15, 0.2) is 0 Å². The molecule has 0 saturated carbocycles. The molecule has 2 aromatic carbocycles. The molecule has 0 heterocycles. The van der Waals surface area contributed by atoms with Gasteiger partial charge in [0.2, 0.25) is 0 Å². The molecule has 5 nitrogen and oxygen atoms in total. The summed E-state index contributed by atoms with van der Waals surface area (Å²) in [5.41, 5.74) is 0.311. The van der Waals surface area contributed by atoms with Crippen LogP contribution in [0.3, 0.4) is 0 Å². The first-order valence-corrected chi connectivity index (χ1v) is 7.33. The number of amides is 1. The van der Waals surface area contributed by atoms with Gasteiger partial charge < -0.3 is 0 Å². The molecule has 0 bridgehead atoms. The Balaban J connectivity index is 2.76. The molecule has 2 rings (SSSR count). The molecule has 0 unspecified atom stereocenters. The van der Waals surface area contributed by atoms with Crippen molar-refractivity contribution in [2.24, 2.45) is 5.14 Å². The number of fused-ring (bicyclic) bond motifs is 1. The molecule has 0 aliphatic carbocycles. The molecule has 0 aliphatic rings. The summed E-state index contributed by atoms with van der Waals surface area (Å²) in [7, 11) is -4.23. The van der Waals surface area contributed by atoms with Gasteiger partial charge in [-0.3, -0.25) is 4.79 Å². The van der Waals surface area contributed by atoms with E-state index in [9.17, 15) is 13.2 Å². The average molecular weight is 290 g/mol. The van der Waals surface area contributed by atoms with Gasteiger partial charge in [-0.1, -0.05) is 43.0 Å². The van der Waals surface area contributed by atoms with E-state index in [4.69, 9.17) is 5.14 Å². The summed E-state index contributed by atoms with van der Waals surface area (Å²) in [6.07, 6.45) is 0. The van der Waals surface area contributed by atoms with E-state index in [0.29, 0.717) is 9.69 Å². The van der Waals surface area contributed by atoms with E-state index in [2.05, 4.69) is 6.58 Å². The molecule has 0 aliphatic heterocycles. The van der Waals surface area contributed by atoms with Crippen LogP contribution in [0.2, 0.25) is 0 Å². The molecule has 0 spiro atoms. The van der Waals surface area contributed by atoms with Gasteiger partial charge in [0, 0.05) is 11.0 Å². The maximum absolute atomic E-state index is 12.1. The van der Waals surface area contributed by atoms with Crippen molar-refractivity contribution in [3.63, 3.8) is 0 Å². The first-order chi connectivity index (χ1) is 9.32. The number of hydrogen-bond donors (Lipinski definition) is 1. The van der Waals surface area contributed by atoms with Crippen molar-refractivity contribution in [3.05, 3.63) is 54.6 Å². The second-order valence-corrected chi connectivity index (χ2v) is 5.79. The molecule has 104 valence electrons. The third-order valence-electron chi connectivity index (χ3n) is 2.79. The van der Waals surface area contributed by atoms with Crippen LogP contribution in [-0.2, 0) is 15.0 Å². The number of carbonyl (C=O) groups excluding carboxylic acids is 1. The second-order valence-electron chi connectivity index (χ2n) is 4.39. The summed E-state index contributed by atoms with van der Waals surface area (Å²) in [4.78, 5) is 12.1. The van der Waals surface area contributed by atoms with Crippen LogP contribution in [0.15, 0.2) is 54.6 Å². The maximum atomic E-state index is 12.1. The van der Waals surface area contributed by atoms with Gasteiger partial charge in [-0.25, -0.2) is 5.14 Å². The summed E-state index contributed by atoms with van der Waals surface area (Å²) in [6, 6.07) is 12.2. The molecule has 0 aromatic heterocycles. The number of anilines is 1. The van der Waals surface area contributed by atoms with Crippen LogP contribution < -0.4 is 9.44 Å². The van der Waals surface area contributed by atoms with Gasteiger partial charge >= 0.3 is 10.2 Å². The molecule has 1 amide bonds. The van der Waals surface area contributed by atoms with Gasteiger partial charge in [-0.05, 0) is 18.4 Å². The minimum Gasteiger partial charge on any atom is -0.268 e. The Hall–Kier alpha value is -2.18. The van der Waals surface area contributed by atoms with Crippen LogP contribution in [0.5, 0.6) is 0 Å². The van der Waals surface area contributed by atoms with E-state index in [1.807, 2.05) is 18.2 Å². The average Bonchev–Trinajstić information content (AvgIpc) is 2.37. The molecule has 6 heteroatoms. The van der Waals surface area contributed by atoms with Crippen LogP contribution in [0.4, 0.5) is 5.69 Å². The van der Waals surface area contributed by atoms with Crippen LogP contribution in [0.25, 0.3) is 10.8 Å². The first-order valence-electron chi connectivity index (χ1n) is 5.83. The van der Waals surface area contributed by atoms with Gasteiger partial charge in [0.05, 0.1) is 5.69 Å². The second kappa shape index (κ2) is 5.07. The molecular weight excluding hydrogens is 276 g/mol. The van der Waals surface area contributed by atoms with E-state index < -0.39 is 16.1 Å². The molecular formula is C14H14N2O3S. The lowest BCUT2D eigenvalue weighted by atomic mass is 10.1. The number of rotatable bonds is 3. The zero-order valence-electron chi connectivity index (χ0n) is 10.9. The van der Waals surface area contributed by atoms with Crippen molar-refractivity contribution in [1.29, 1.82) is 0 Å². The summed E-state index contributed by atoms with van der Waals surface area (Å²) in [5.74, 6) is -0.746. The third kappa shape index (κ3) is 2.56. The summed E-state index contributed by atoms with van der Waals surface area (Å²) in [5, 5.41) is 6.61. The predicted molar refractivity (Wildman–Crippen MR) is 79.4 cm³/mol. The number of hydrogen-bond acceptors (Lipinski definition) is 3. The highest BCUT2D eigenvalue weighted by Gasteiger charge is 2.27. The predicted octanol–water partition coefficient (Wildman–Crippen LogP) is 1.95. The van der Waals surface area contributed by atoms with E-state index in [1.54, 1.807) is 18.2 Å². The highest BCUT2D eigenvalue weighted by Crippen LogP contribution is 2.28. The summed E-state index contributed by atoms with van der Waals surface area (Å²) < 4.78 is 24.1. The van der Waals surface area contributed by atoms with E-state index in [1.165, 1.54) is 13.0 Å². The van der Waals surface area contributed by atoms with E-state index in [-0.39, 0.29) is 11.3 Å². The standard InChI is InChI=1S/C14H14N2O3S/c1-10(2)14(17)16(20(15,18)19)13-9-5-7-11-6-3-4-8-12(11)13/h3-9H,1H2,2H3,(H2,15,18,19). The zero-order chi connectivity index (χ0) is 14.9. The number of carbonyl (C=O) groups is 1. The lowest BCUT2D eigenvalue weighted by Crippen LogP contribution is -2.42. The Labute approximate surface area is 117 Å². The first kappa shape index (κ1) is 14.2. The topological polar surface area (TPSA) is 80.5 Å². The van der Waals surface area contributed by atoms with Crippen molar-refractivity contribution >= 4 is 32.6 Å². The van der Waals surface area contributed by atoms with E-state index in [0.717, 1.165) is 5.39 Å². The van der Waals surface area contributed by atoms with Gasteiger partial charge in [0.1, 0.15) is 0 Å². The van der Waals surface area contributed by atoms with Crippen LogP contribution in [-0.4, -0.2) is 14.3 Å². The molecule has 0 radical (unpaired) electrons. The van der Waals surface area contributed by atoms with Crippen molar-refractivity contribution in [3.8, 4) is 0 Å². The van der Waals surface area contributed by atoms with Crippen molar-refractivity contribution < 1.29 is 13.2 Å². The minimum absolute atomic E-state index is 0.0898. The smallest absolute Gasteiger partial charge is 0.268 e. The fourth-order valence-corrected chi connectivity index (χ4v) is 2.74. The summed E-state index contributed by atoms with van der Waals surface area (Å²) in [6.45, 7) is 4.92. The van der Waals surface area contributed by atoms with Crippen molar-refractivity contribution in [2.45, 2.75) is 6.92 Å². The highest BCUT2D eigenvalue weighted by atomic mass is 32.2. The summed E-state index contributed by atoms with van der Waals surface area (Å²) >= 11 is 0. The monoisotopic (exact) mass is 290 g/mol. The Morgan fingerprint density at radius 3 is 2.35 bits per heavy atom. The number of nitrogens with two attached hydrogens (primary N) is 1. The molecule has 0 fully saturated rings. The maximum Gasteiger partial charge on any atom is 0.305 e. The SMILES string of the molecule is C=C(C)C(=O)N(c1cccc2ccccc12)S(N)(=O)=O. The number of nitrogens with zero attached hydrogens (tertiary/aromatic N) is 1. The minimum atomic E-state index is -4.23. The lowest BCUT2D eigenvalue weighted by Gasteiger charge is -2.21. The van der Waals surface area contributed by atoms with Gasteiger partial charge in [0.25, 0.3) is 5.91 Å². The molecule has 2 aromatic rings. The lowest BCUT2D eigenvalue weighted by molar-refractivity contribution is -0.113. The van der Waals surface area contributed by atoms with Crippen LogP contribution in [0.1, 0.15) is 6.92 Å². The molecule has 0 atom stereocenters. The Kier molecular flexibility index (Phi) is 3.61. The van der Waals surface area contributed by atoms with Crippen molar-refractivity contribution in [2.75, 3.05) is 4.31 Å². The van der Waals surface area contributed by atoms with Crippen LogP contribution >= 0.6 is 0 Å². The quantitative estimate of drug-likeness (QED) is 0.877. The fraction of sp³-hybridized carbons (Fsp3) is 0.0714. The normalized spacial score (nSPS) is 11.3. The highest BCUT2D eigenvalue weighted by molar-refractivity contribution is 7.91. The fourth-order valence-electron chi connectivity index (χ4n) is 1.92. The third-order valence-corrected chi connectivity index (χ3v) is 3.66. The molecule has 20 heavy (non-hydrogen) atoms. The Bertz CT molecular complexity index is 792. The zero-order valence-corrected chi connectivity index (χ0v) is 11.7. The van der Waals surface area contributed by atoms with E-state index >= 15 is 0 Å². The molecule has 2 N–H and O–H groups in total. The van der Waals surface area contributed by atoms with Crippen molar-refractivity contribution in [1.82, 2.24) is 0 Å². The van der Waals surface area contributed by atoms with Gasteiger partial charge in [-0.2, -0.15) is 12.7 Å². The number of benzene rings is 2. The Morgan fingerprint density at radius 1 is 1.15 bits per heavy atom. The molecule has 0 saturated heterocycles. The Morgan fingerprint density at radius 2 is 1.75 bits per heavy atom. The largest absolute Gasteiger partial charge is 0.305 e. The van der Waals surface area contributed by atoms with Crippen LogP contribution in [0, 0.1) is 0 Å².